The van der Waals surface area contributed by atoms with E-state index >= 15 is 0 Å². The summed E-state index contributed by atoms with van der Waals surface area (Å²) in [4.78, 5) is 12.9. The Morgan fingerprint density at radius 2 is 1.89 bits per heavy atom. The lowest BCUT2D eigenvalue weighted by molar-refractivity contribution is -0.136. The van der Waals surface area contributed by atoms with E-state index in [9.17, 15) is 4.79 Å². The van der Waals surface area contributed by atoms with Crippen LogP contribution >= 0.6 is 0 Å². The molecule has 0 aliphatic heterocycles. The fourth-order valence-electron chi connectivity index (χ4n) is 2.82. The van der Waals surface area contributed by atoms with E-state index in [0.29, 0.717) is 6.42 Å². The van der Waals surface area contributed by atoms with Gasteiger partial charge in [-0.15, -0.1) is 0 Å². The lowest BCUT2D eigenvalue weighted by Crippen LogP contribution is -2.16. The molecule has 3 heteroatoms. The van der Waals surface area contributed by atoms with Gasteiger partial charge in [0.2, 0.25) is 0 Å². The van der Waals surface area contributed by atoms with Crippen molar-refractivity contribution in [2.45, 2.75) is 38.5 Å². The smallest absolute Gasteiger partial charge is 0.303 e. The van der Waals surface area contributed by atoms with E-state index in [1.54, 1.807) is 0 Å². The summed E-state index contributed by atoms with van der Waals surface area (Å²) >= 11 is 0. The van der Waals surface area contributed by atoms with Crippen molar-refractivity contribution in [3.63, 3.8) is 0 Å². The third-order valence-corrected chi connectivity index (χ3v) is 3.70. The molecule has 0 bridgehead atoms. The molecule has 0 saturated carbocycles. The first-order valence-corrected chi connectivity index (χ1v) is 6.62. The van der Waals surface area contributed by atoms with E-state index in [1.165, 1.54) is 35.2 Å². The number of fused-ring (bicyclic) bond motifs is 1. The van der Waals surface area contributed by atoms with Crippen LogP contribution in [0, 0.1) is 0 Å². The number of anilines is 1. The van der Waals surface area contributed by atoms with Gasteiger partial charge < -0.3 is 10.0 Å². The van der Waals surface area contributed by atoms with Crippen molar-refractivity contribution in [2.24, 2.45) is 0 Å². The van der Waals surface area contributed by atoms with Crippen LogP contribution in [-0.4, -0.2) is 25.2 Å². The van der Waals surface area contributed by atoms with Crippen LogP contribution in [0.2, 0.25) is 0 Å². The van der Waals surface area contributed by atoms with Gasteiger partial charge in [-0.25, -0.2) is 0 Å². The third kappa shape index (κ3) is 2.66. The largest absolute Gasteiger partial charge is 0.481 e. The second-order valence-corrected chi connectivity index (χ2v) is 5.20. The summed E-state index contributed by atoms with van der Waals surface area (Å²) in [6.45, 7) is 0. The number of carboxylic acids is 1. The highest BCUT2D eigenvalue weighted by Crippen LogP contribution is 2.32. The summed E-state index contributed by atoms with van der Waals surface area (Å²) in [5.74, 6) is -0.712. The molecule has 1 aliphatic carbocycles. The number of aliphatic carboxylic acids is 1. The molecule has 0 atom stereocenters. The quantitative estimate of drug-likeness (QED) is 0.889. The Bertz CT molecular complexity index is 452. The molecular weight excluding hydrogens is 226 g/mol. The molecule has 98 valence electrons. The number of rotatable bonds is 4. The van der Waals surface area contributed by atoms with E-state index in [-0.39, 0.29) is 6.42 Å². The van der Waals surface area contributed by atoms with E-state index in [4.69, 9.17) is 5.11 Å². The van der Waals surface area contributed by atoms with Crippen LogP contribution in [0.4, 0.5) is 5.69 Å². The van der Waals surface area contributed by atoms with Crippen LogP contribution in [0.1, 0.15) is 36.0 Å². The molecule has 0 amide bonds. The molecule has 0 heterocycles. The number of benzene rings is 1. The lowest BCUT2D eigenvalue weighted by atomic mass is 9.85. The Balaban J connectivity index is 2.34. The van der Waals surface area contributed by atoms with Crippen LogP contribution in [-0.2, 0) is 24.1 Å². The Hall–Kier alpha value is -1.51. The fraction of sp³-hybridized carbons (Fsp3) is 0.533. The zero-order chi connectivity index (χ0) is 13.1. The van der Waals surface area contributed by atoms with Gasteiger partial charge in [-0.2, -0.15) is 0 Å². The SMILES string of the molecule is CN(C)c1ccc(CCC(=O)O)c2c1CCCC2. The molecule has 0 unspecified atom stereocenters. The fourth-order valence-corrected chi connectivity index (χ4v) is 2.82. The topological polar surface area (TPSA) is 40.5 Å². The van der Waals surface area contributed by atoms with Crippen molar-refractivity contribution < 1.29 is 9.90 Å². The summed E-state index contributed by atoms with van der Waals surface area (Å²) in [6, 6.07) is 4.25. The first-order valence-electron chi connectivity index (χ1n) is 6.62. The lowest BCUT2D eigenvalue weighted by Gasteiger charge is -2.26. The summed E-state index contributed by atoms with van der Waals surface area (Å²) < 4.78 is 0. The molecule has 0 fully saturated rings. The van der Waals surface area contributed by atoms with Gasteiger partial charge in [0.05, 0.1) is 0 Å². The summed E-state index contributed by atoms with van der Waals surface area (Å²) in [7, 11) is 4.14. The second kappa shape index (κ2) is 5.42. The Morgan fingerprint density at radius 1 is 1.22 bits per heavy atom. The van der Waals surface area contributed by atoms with E-state index in [0.717, 1.165) is 12.8 Å². The van der Waals surface area contributed by atoms with E-state index < -0.39 is 5.97 Å². The number of hydrogen-bond acceptors (Lipinski definition) is 2. The summed E-state index contributed by atoms with van der Waals surface area (Å²) in [5.41, 5.74) is 5.38. The molecule has 3 nitrogen and oxygen atoms in total. The molecule has 1 N–H and O–H groups in total. The van der Waals surface area contributed by atoms with Crippen molar-refractivity contribution in [3.05, 3.63) is 28.8 Å². The molecule has 1 aromatic carbocycles. The minimum absolute atomic E-state index is 0.230. The molecule has 0 spiro atoms. The van der Waals surface area contributed by atoms with Crippen molar-refractivity contribution >= 4 is 11.7 Å². The Kier molecular flexibility index (Phi) is 3.90. The van der Waals surface area contributed by atoms with Gasteiger partial charge in [-0.1, -0.05) is 6.07 Å². The van der Waals surface area contributed by atoms with E-state index in [2.05, 4.69) is 31.1 Å². The standard InChI is InChI=1S/C15H21NO2/c1-16(2)14-9-7-11(8-10-15(17)18)12-5-3-4-6-13(12)14/h7,9H,3-6,8,10H2,1-2H3,(H,17,18). The maximum absolute atomic E-state index is 10.7. The minimum Gasteiger partial charge on any atom is -0.481 e. The minimum atomic E-state index is -0.712. The van der Waals surface area contributed by atoms with Gasteiger partial charge in [0.25, 0.3) is 0 Å². The number of carboxylic acid groups (broad SMARTS) is 1. The van der Waals surface area contributed by atoms with Crippen LogP contribution in [0.3, 0.4) is 0 Å². The normalized spacial score (nSPS) is 14.1. The van der Waals surface area contributed by atoms with E-state index in [1.807, 2.05) is 0 Å². The van der Waals surface area contributed by atoms with Crippen LogP contribution < -0.4 is 4.90 Å². The number of nitrogens with zero attached hydrogens (tertiary/aromatic N) is 1. The monoisotopic (exact) mass is 247 g/mol. The molecule has 0 aromatic heterocycles. The van der Waals surface area contributed by atoms with Crippen LogP contribution in [0.5, 0.6) is 0 Å². The van der Waals surface area contributed by atoms with Crippen molar-refractivity contribution in [3.8, 4) is 0 Å². The first-order chi connectivity index (χ1) is 8.59. The van der Waals surface area contributed by atoms with Gasteiger partial charge >= 0.3 is 5.97 Å². The number of carbonyl (C=O) groups is 1. The van der Waals surface area contributed by atoms with Crippen LogP contribution in [0.15, 0.2) is 12.1 Å². The van der Waals surface area contributed by atoms with Crippen LogP contribution in [0.25, 0.3) is 0 Å². The Labute approximate surface area is 108 Å². The maximum Gasteiger partial charge on any atom is 0.303 e. The van der Waals surface area contributed by atoms with Crippen molar-refractivity contribution in [2.75, 3.05) is 19.0 Å². The highest BCUT2D eigenvalue weighted by atomic mass is 16.4. The van der Waals surface area contributed by atoms with Gasteiger partial charge in [-0.05, 0) is 54.9 Å². The molecule has 18 heavy (non-hydrogen) atoms. The molecular formula is C15H21NO2. The first kappa shape index (κ1) is 12.9. The zero-order valence-electron chi connectivity index (χ0n) is 11.2. The average molecular weight is 247 g/mol. The highest BCUT2D eigenvalue weighted by molar-refractivity contribution is 5.67. The van der Waals surface area contributed by atoms with Gasteiger partial charge in [-0.3, -0.25) is 4.79 Å². The molecule has 1 aliphatic rings. The average Bonchev–Trinajstić information content (AvgIpc) is 2.35. The van der Waals surface area contributed by atoms with Gasteiger partial charge in [0.1, 0.15) is 0 Å². The summed E-state index contributed by atoms with van der Waals surface area (Å²) in [6.07, 6.45) is 5.59. The predicted octanol–water partition coefficient (Wildman–Crippen LogP) is 2.65. The Morgan fingerprint density at radius 3 is 2.50 bits per heavy atom. The molecule has 0 radical (unpaired) electrons. The maximum atomic E-state index is 10.7. The summed E-state index contributed by atoms with van der Waals surface area (Å²) in [5, 5.41) is 8.81. The predicted molar refractivity (Wildman–Crippen MR) is 73.4 cm³/mol. The molecule has 0 saturated heterocycles. The van der Waals surface area contributed by atoms with Gasteiger partial charge in [0.15, 0.2) is 0 Å². The second-order valence-electron chi connectivity index (χ2n) is 5.20. The highest BCUT2D eigenvalue weighted by Gasteiger charge is 2.18. The zero-order valence-corrected chi connectivity index (χ0v) is 11.2. The van der Waals surface area contributed by atoms with Crippen molar-refractivity contribution in [1.82, 2.24) is 0 Å². The number of aryl methyl sites for hydroxylation is 1. The number of hydrogen-bond donors (Lipinski definition) is 1. The molecule has 2 rings (SSSR count). The van der Waals surface area contributed by atoms with Crippen molar-refractivity contribution in [1.29, 1.82) is 0 Å². The third-order valence-electron chi connectivity index (χ3n) is 3.70. The van der Waals surface area contributed by atoms with Gasteiger partial charge in [0, 0.05) is 26.2 Å². The molecule has 1 aromatic rings.